The predicted octanol–water partition coefficient (Wildman–Crippen LogP) is 1.37. The minimum Gasteiger partial charge on any atom is -0.508 e. The summed E-state index contributed by atoms with van der Waals surface area (Å²) >= 11 is 0. The number of hydrogen-bond donors (Lipinski definition) is 5. The van der Waals surface area contributed by atoms with Crippen molar-refractivity contribution in [1.29, 1.82) is 0 Å². The highest BCUT2D eigenvalue weighted by Crippen LogP contribution is 2.43. The van der Waals surface area contributed by atoms with Gasteiger partial charge < -0.3 is 26.8 Å². The zero-order chi connectivity index (χ0) is 18.1. The molecule has 0 spiro atoms. The van der Waals surface area contributed by atoms with Crippen molar-refractivity contribution in [2.45, 2.75) is 25.3 Å². The Hall–Kier alpha value is -2.57. The lowest BCUT2D eigenvalue weighted by atomic mass is 9.68. The van der Waals surface area contributed by atoms with Crippen molar-refractivity contribution in [3.8, 4) is 11.5 Å². The highest BCUT2D eigenvalue weighted by atomic mass is 16.4. The molecular formula is C18H22N2O4. The summed E-state index contributed by atoms with van der Waals surface area (Å²) in [6.45, 7) is 3.41. The van der Waals surface area contributed by atoms with Crippen molar-refractivity contribution in [3.05, 3.63) is 58.7 Å². The maximum atomic E-state index is 12.3. The Bertz CT molecular complexity index is 722. The normalized spacial score (nSPS) is 12.8. The highest BCUT2D eigenvalue weighted by Gasteiger charge is 2.50. The molecule has 1 atom stereocenters. The molecule has 0 radical (unpaired) electrons. The number of hydrogen-bond acceptors (Lipinski definition) is 5. The summed E-state index contributed by atoms with van der Waals surface area (Å²) in [5.41, 5.74) is 11.6. The molecule has 0 bridgehead atoms. The molecule has 0 aromatic heterocycles. The van der Waals surface area contributed by atoms with Gasteiger partial charge in [0.25, 0.3) is 0 Å². The molecule has 1 unspecified atom stereocenters. The van der Waals surface area contributed by atoms with E-state index in [1.54, 1.807) is 26.0 Å². The Labute approximate surface area is 140 Å². The maximum absolute atomic E-state index is 12.3. The number of phenols is 2. The van der Waals surface area contributed by atoms with Gasteiger partial charge in [-0.1, -0.05) is 24.3 Å². The fourth-order valence-electron chi connectivity index (χ4n) is 3.06. The van der Waals surface area contributed by atoms with Crippen LogP contribution in [0.2, 0.25) is 0 Å². The average molecular weight is 330 g/mol. The van der Waals surface area contributed by atoms with Gasteiger partial charge in [-0.25, -0.2) is 0 Å². The van der Waals surface area contributed by atoms with E-state index in [1.807, 2.05) is 0 Å². The monoisotopic (exact) mass is 330 g/mol. The predicted molar refractivity (Wildman–Crippen MR) is 91.1 cm³/mol. The van der Waals surface area contributed by atoms with Crippen molar-refractivity contribution < 1.29 is 20.1 Å². The Morgan fingerprint density at radius 3 is 1.75 bits per heavy atom. The lowest BCUT2D eigenvalue weighted by molar-refractivity contribution is -0.143. The van der Waals surface area contributed by atoms with E-state index in [1.165, 1.54) is 24.3 Å². The van der Waals surface area contributed by atoms with E-state index in [-0.39, 0.29) is 29.2 Å². The first kappa shape index (κ1) is 17.8. The second-order valence-electron chi connectivity index (χ2n) is 6.00. The van der Waals surface area contributed by atoms with Crippen LogP contribution in [0, 0.1) is 13.8 Å². The molecule has 0 aliphatic heterocycles. The number of phenolic OH excluding ortho intramolecular Hbond substituents is 2. The lowest BCUT2D eigenvalue weighted by Gasteiger charge is -2.36. The fraction of sp³-hybridized carbons (Fsp3) is 0.278. The van der Waals surface area contributed by atoms with Gasteiger partial charge in [-0.05, 0) is 37.1 Å². The smallest absolute Gasteiger partial charge is 0.320 e. The van der Waals surface area contributed by atoms with E-state index in [4.69, 9.17) is 11.5 Å². The zero-order valence-corrected chi connectivity index (χ0v) is 13.7. The number of rotatable bonds is 5. The zero-order valence-electron chi connectivity index (χ0n) is 13.7. The number of aryl methyl sites for hydroxylation is 2. The largest absolute Gasteiger partial charge is 0.508 e. The van der Waals surface area contributed by atoms with E-state index < -0.39 is 17.4 Å². The first-order valence-electron chi connectivity index (χ1n) is 7.54. The minimum absolute atomic E-state index is 0.0951. The number of aliphatic carboxylic acids is 1. The third-order valence-electron chi connectivity index (χ3n) is 4.30. The molecule has 2 aromatic carbocycles. The van der Waals surface area contributed by atoms with Gasteiger partial charge in [0.1, 0.15) is 16.9 Å². The van der Waals surface area contributed by atoms with Crippen LogP contribution in [0.25, 0.3) is 0 Å². The molecule has 0 saturated heterocycles. The third kappa shape index (κ3) is 2.70. The summed E-state index contributed by atoms with van der Waals surface area (Å²) in [5, 5.41) is 30.8. The van der Waals surface area contributed by atoms with E-state index in [0.29, 0.717) is 0 Å². The van der Waals surface area contributed by atoms with Gasteiger partial charge in [-0.15, -0.1) is 0 Å². The third-order valence-corrected chi connectivity index (χ3v) is 4.30. The molecule has 2 rings (SSSR count). The number of benzene rings is 2. The number of nitrogens with two attached hydrogens (primary N) is 2. The van der Waals surface area contributed by atoms with Crippen LogP contribution in [0.4, 0.5) is 0 Å². The van der Waals surface area contributed by atoms with Crippen molar-refractivity contribution in [3.63, 3.8) is 0 Å². The molecule has 6 nitrogen and oxygen atoms in total. The number of carboxylic acid groups (broad SMARTS) is 1. The maximum Gasteiger partial charge on any atom is 0.320 e. The number of carbonyl (C=O) groups is 1. The first-order chi connectivity index (χ1) is 11.2. The Balaban J connectivity index is 2.90. The van der Waals surface area contributed by atoms with E-state index in [0.717, 1.165) is 11.1 Å². The lowest BCUT2D eigenvalue weighted by Crippen LogP contribution is -2.55. The summed E-state index contributed by atoms with van der Waals surface area (Å²) in [7, 11) is 0. The second kappa shape index (κ2) is 6.51. The molecule has 0 amide bonds. The van der Waals surface area contributed by atoms with Crippen LogP contribution in [-0.4, -0.2) is 33.9 Å². The van der Waals surface area contributed by atoms with Crippen molar-refractivity contribution in [2.24, 2.45) is 11.5 Å². The van der Waals surface area contributed by atoms with Crippen molar-refractivity contribution >= 4 is 5.97 Å². The van der Waals surface area contributed by atoms with Crippen LogP contribution >= 0.6 is 0 Å². The number of aromatic hydroxyl groups is 2. The average Bonchev–Trinajstić information content (AvgIpc) is 2.50. The van der Waals surface area contributed by atoms with E-state index in [9.17, 15) is 20.1 Å². The van der Waals surface area contributed by atoms with Gasteiger partial charge in [0.2, 0.25) is 0 Å². The fourth-order valence-corrected chi connectivity index (χ4v) is 3.06. The summed E-state index contributed by atoms with van der Waals surface area (Å²) < 4.78 is 0. The Kier molecular flexibility index (Phi) is 4.82. The molecule has 0 saturated carbocycles. The molecular weight excluding hydrogens is 308 g/mol. The van der Waals surface area contributed by atoms with E-state index in [2.05, 4.69) is 0 Å². The van der Waals surface area contributed by atoms with Gasteiger partial charge in [0.05, 0.1) is 0 Å². The number of carboxylic acids is 1. The minimum atomic E-state index is -1.87. The standard InChI is InChI=1S/C18H22N2O4/c1-10-3-5-12(14(21)7-10)18(17(23)24,16(20)9-19)13-6-4-11(2)8-15(13)22/h3-8,16,21-22H,9,19-20H2,1-2H3,(H,23,24). The van der Waals surface area contributed by atoms with E-state index >= 15 is 0 Å². The topological polar surface area (TPSA) is 130 Å². The molecule has 2 aromatic rings. The molecule has 0 fully saturated rings. The SMILES string of the molecule is Cc1ccc(C(C(=O)O)(c2ccc(C)cc2O)C(N)CN)c(O)c1. The first-order valence-corrected chi connectivity index (χ1v) is 7.54. The van der Waals surface area contributed by atoms with Crippen LogP contribution in [0.5, 0.6) is 11.5 Å². The molecule has 0 aliphatic rings. The van der Waals surface area contributed by atoms with Crippen LogP contribution < -0.4 is 11.5 Å². The second-order valence-corrected chi connectivity index (χ2v) is 6.00. The van der Waals surface area contributed by atoms with Gasteiger partial charge in [-0.2, -0.15) is 0 Å². The summed E-state index contributed by atoms with van der Waals surface area (Å²) in [6.07, 6.45) is 0. The van der Waals surface area contributed by atoms with Gasteiger partial charge in [0, 0.05) is 23.7 Å². The Morgan fingerprint density at radius 1 is 1.04 bits per heavy atom. The van der Waals surface area contributed by atoms with Crippen LogP contribution in [-0.2, 0) is 10.2 Å². The molecule has 0 heterocycles. The highest BCUT2D eigenvalue weighted by molar-refractivity contribution is 5.89. The molecule has 0 aliphatic carbocycles. The van der Waals surface area contributed by atoms with Gasteiger partial charge >= 0.3 is 5.97 Å². The summed E-state index contributed by atoms with van der Waals surface area (Å²) in [4.78, 5) is 12.3. The van der Waals surface area contributed by atoms with Crippen LogP contribution in [0.1, 0.15) is 22.3 Å². The van der Waals surface area contributed by atoms with Gasteiger partial charge in [0.15, 0.2) is 0 Å². The molecule has 6 heteroatoms. The summed E-state index contributed by atoms with van der Waals surface area (Å²) in [6, 6.07) is 8.24. The quantitative estimate of drug-likeness (QED) is 0.563. The van der Waals surface area contributed by atoms with Crippen LogP contribution in [0.3, 0.4) is 0 Å². The van der Waals surface area contributed by atoms with Crippen molar-refractivity contribution in [1.82, 2.24) is 0 Å². The van der Waals surface area contributed by atoms with Gasteiger partial charge in [-0.3, -0.25) is 4.79 Å². The summed E-state index contributed by atoms with van der Waals surface area (Å²) in [5.74, 6) is -1.71. The van der Waals surface area contributed by atoms with Crippen molar-refractivity contribution in [2.75, 3.05) is 6.54 Å². The molecule has 128 valence electrons. The molecule has 24 heavy (non-hydrogen) atoms. The Morgan fingerprint density at radius 2 is 1.46 bits per heavy atom. The molecule has 7 N–H and O–H groups in total. The van der Waals surface area contributed by atoms with Crippen LogP contribution in [0.15, 0.2) is 36.4 Å².